The number of hydrogen-bond acceptors (Lipinski definition) is 4. The van der Waals surface area contributed by atoms with Crippen LogP contribution in [0.3, 0.4) is 0 Å². The van der Waals surface area contributed by atoms with Crippen molar-refractivity contribution in [1.29, 1.82) is 0 Å². The van der Waals surface area contributed by atoms with E-state index in [1.54, 1.807) is 4.31 Å². The van der Waals surface area contributed by atoms with Crippen LogP contribution in [0.1, 0.15) is 32.1 Å². The van der Waals surface area contributed by atoms with E-state index in [9.17, 15) is 8.42 Å². The first-order chi connectivity index (χ1) is 8.50. The lowest BCUT2D eigenvalue weighted by Crippen LogP contribution is -2.49. The summed E-state index contributed by atoms with van der Waals surface area (Å²) in [6, 6.07) is 1.00. The zero-order valence-electron chi connectivity index (χ0n) is 11.1. The van der Waals surface area contributed by atoms with E-state index in [-0.39, 0.29) is 0 Å². The van der Waals surface area contributed by atoms with E-state index < -0.39 is 10.0 Å². The van der Waals surface area contributed by atoms with Crippen LogP contribution in [0.5, 0.6) is 0 Å². The molecule has 0 spiro atoms. The quantitative estimate of drug-likeness (QED) is 0.764. The van der Waals surface area contributed by atoms with Crippen molar-refractivity contribution in [2.75, 3.05) is 25.9 Å². The maximum Gasteiger partial charge on any atom is 0.211 e. The highest BCUT2D eigenvalue weighted by Gasteiger charge is 2.30. The van der Waals surface area contributed by atoms with Crippen LogP contribution < -0.4 is 11.1 Å². The van der Waals surface area contributed by atoms with Crippen LogP contribution in [0, 0.1) is 5.92 Å². The second kappa shape index (κ2) is 5.86. The minimum atomic E-state index is -3.01. The largest absolute Gasteiger partial charge is 0.330 e. The average Bonchev–Trinajstić information content (AvgIpc) is 2.76. The Morgan fingerprint density at radius 2 is 1.89 bits per heavy atom. The predicted molar refractivity (Wildman–Crippen MR) is 72.8 cm³/mol. The van der Waals surface area contributed by atoms with Crippen LogP contribution in [0.4, 0.5) is 0 Å². The summed E-state index contributed by atoms with van der Waals surface area (Å²) in [4.78, 5) is 0. The van der Waals surface area contributed by atoms with E-state index >= 15 is 0 Å². The molecule has 0 amide bonds. The maximum absolute atomic E-state index is 11.4. The molecule has 2 fully saturated rings. The SMILES string of the molecule is CS(=O)(=O)N1CCC(NC2CCCC2CN)CC1. The van der Waals surface area contributed by atoms with E-state index in [0.29, 0.717) is 31.1 Å². The van der Waals surface area contributed by atoms with E-state index in [0.717, 1.165) is 19.4 Å². The Bertz CT molecular complexity index is 364. The third-order valence-corrected chi connectivity index (χ3v) is 5.64. The highest BCUT2D eigenvalue weighted by Crippen LogP contribution is 2.26. The molecule has 18 heavy (non-hydrogen) atoms. The van der Waals surface area contributed by atoms with Gasteiger partial charge < -0.3 is 11.1 Å². The van der Waals surface area contributed by atoms with E-state index in [1.807, 2.05) is 0 Å². The Kier molecular flexibility index (Phi) is 4.64. The van der Waals surface area contributed by atoms with Gasteiger partial charge in [-0.05, 0) is 38.1 Å². The van der Waals surface area contributed by atoms with Gasteiger partial charge in [0.2, 0.25) is 10.0 Å². The fourth-order valence-electron chi connectivity index (χ4n) is 3.20. The molecule has 1 aliphatic carbocycles. The van der Waals surface area contributed by atoms with Crippen molar-refractivity contribution in [2.45, 2.75) is 44.2 Å². The first-order valence-electron chi connectivity index (χ1n) is 6.92. The molecular formula is C12H25N3O2S. The van der Waals surface area contributed by atoms with Crippen LogP contribution in [-0.4, -0.2) is 50.7 Å². The van der Waals surface area contributed by atoms with E-state index in [1.165, 1.54) is 25.5 Å². The van der Waals surface area contributed by atoms with Crippen molar-refractivity contribution < 1.29 is 8.42 Å². The molecule has 2 rings (SSSR count). The van der Waals surface area contributed by atoms with E-state index in [4.69, 9.17) is 5.73 Å². The van der Waals surface area contributed by atoms with Crippen LogP contribution in [0.15, 0.2) is 0 Å². The predicted octanol–water partition coefficient (Wildman–Crippen LogP) is 0.127. The van der Waals surface area contributed by atoms with Crippen molar-refractivity contribution >= 4 is 10.0 Å². The monoisotopic (exact) mass is 275 g/mol. The zero-order valence-corrected chi connectivity index (χ0v) is 12.0. The number of nitrogens with one attached hydrogen (secondary N) is 1. The molecule has 0 radical (unpaired) electrons. The second-order valence-electron chi connectivity index (χ2n) is 5.64. The number of nitrogens with zero attached hydrogens (tertiary/aromatic N) is 1. The van der Waals surface area contributed by atoms with Gasteiger partial charge in [-0.2, -0.15) is 0 Å². The number of nitrogens with two attached hydrogens (primary N) is 1. The number of sulfonamides is 1. The summed E-state index contributed by atoms with van der Waals surface area (Å²) >= 11 is 0. The molecule has 1 aliphatic heterocycles. The minimum Gasteiger partial charge on any atom is -0.330 e. The maximum atomic E-state index is 11.4. The van der Waals surface area contributed by atoms with Crippen molar-refractivity contribution in [2.24, 2.45) is 11.7 Å². The Labute approximate surface area is 110 Å². The zero-order chi connectivity index (χ0) is 13.2. The summed E-state index contributed by atoms with van der Waals surface area (Å²) in [5.74, 6) is 0.609. The molecule has 2 unspecified atom stereocenters. The summed E-state index contributed by atoms with van der Waals surface area (Å²) < 4.78 is 24.4. The van der Waals surface area contributed by atoms with Crippen molar-refractivity contribution in [3.05, 3.63) is 0 Å². The molecule has 106 valence electrons. The molecule has 0 bridgehead atoms. The Morgan fingerprint density at radius 3 is 2.44 bits per heavy atom. The molecule has 0 aromatic heterocycles. The molecule has 0 aromatic rings. The topological polar surface area (TPSA) is 75.4 Å². The fourth-order valence-corrected chi connectivity index (χ4v) is 4.07. The van der Waals surface area contributed by atoms with Gasteiger partial charge in [0.25, 0.3) is 0 Å². The Hall–Kier alpha value is -0.170. The Morgan fingerprint density at radius 1 is 1.22 bits per heavy atom. The molecule has 2 aliphatic rings. The van der Waals surface area contributed by atoms with Gasteiger partial charge in [0.05, 0.1) is 6.26 Å². The third kappa shape index (κ3) is 3.44. The molecule has 1 heterocycles. The summed E-state index contributed by atoms with van der Waals surface area (Å²) in [6.45, 7) is 2.06. The first kappa shape index (κ1) is 14.2. The highest BCUT2D eigenvalue weighted by molar-refractivity contribution is 7.88. The fraction of sp³-hybridized carbons (Fsp3) is 1.00. The highest BCUT2D eigenvalue weighted by atomic mass is 32.2. The van der Waals surface area contributed by atoms with Gasteiger partial charge in [0, 0.05) is 25.2 Å². The molecule has 3 N–H and O–H groups in total. The Balaban J connectivity index is 1.80. The van der Waals surface area contributed by atoms with Crippen LogP contribution >= 0.6 is 0 Å². The number of piperidine rings is 1. The lowest BCUT2D eigenvalue weighted by atomic mass is 10.00. The lowest BCUT2D eigenvalue weighted by Gasteiger charge is -2.33. The van der Waals surface area contributed by atoms with Gasteiger partial charge in [0.1, 0.15) is 0 Å². The molecule has 1 saturated heterocycles. The van der Waals surface area contributed by atoms with Crippen LogP contribution in [0.2, 0.25) is 0 Å². The summed E-state index contributed by atoms with van der Waals surface area (Å²) in [5.41, 5.74) is 5.78. The molecular weight excluding hydrogens is 250 g/mol. The second-order valence-corrected chi connectivity index (χ2v) is 7.62. The first-order valence-corrected chi connectivity index (χ1v) is 8.77. The van der Waals surface area contributed by atoms with Gasteiger partial charge in [-0.25, -0.2) is 12.7 Å². The molecule has 5 nitrogen and oxygen atoms in total. The summed E-state index contributed by atoms with van der Waals surface area (Å²) in [6.07, 6.45) is 6.84. The standard InChI is InChI=1S/C12H25N3O2S/c1-18(16,17)15-7-5-11(6-8-15)14-12-4-2-3-10(12)9-13/h10-12,14H,2-9,13H2,1H3. The summed E-state index contributed by atoms with van der Waals surface area (Å²) in [7, 11) is -3.01. The van der Waals surface area contributed by atoms with Gasteiger partial charge in [0.15, 0.2) is 0 Å². The van der Waals surface area contributed by atoms with Gasteiger partial charge >= 0.3 is 0 Å². The minimum absolute atomic E-state index is 0.458. The smallest absolute Gasteiger partial charge is 0.211 e. The molecule has 0 aromatic carbocycles. The summed E-state index contributed by atoms with van der Waals surface area (Å²) in [5, 5.41) is 3.69. The average molecular weight is 275 g/mol. The number of hydrogen-bond donors (Lipinski definition) is 2. The third-order valence-electron chi connectivity index (χ3n) is 4.33. The van der Waals surface area contributed by atoms with Crippen molar-refractivity contribution in [3.63, 3.8) is 0 Å². The van der Waals surface area contributed by atoms with Crippen LogP contribution in [0.25, 0.3) is 0 Å². The molecule has 1 saturated carbocycles. The van der Waals surface area contributed by atoms with Gasteiger partial charge in [-0.1, -0.05) is 6.42 Å². The van der Waals surface area contributed by atoms with E-state index in [2.05, 4.69) is 5.32 Å². The van der Waals surface area contributed by atoms with Crippen molar-refractivity contribution in [1.82, 2.24) is 9.62 Å². The van der Waals surface area contributed by atoms with Gasteiger partial charge in [-0.15, -0.1) is 0 Å². The van der Waals surface area contributed by atoms with Gasteiger partial charge in [-0.3, -0.25) is 0 Å². The number of rotatable bonds is 4. The van der Waals surface area contributed by atoms with Crippen LogP contribution in [-0.2, 0) is 10.0 Å². The molecule has 6 heteroatoms. The van der Waals surface area contributed by atoms with Crippen molar-refractivity contribution in [3.8, 4) is 0 Å². The normalized spacial score (nSPS) is 31.9. The lowest BCUT2D eigenvalue weighted by molar-refractivity contribution is 0.258. The molecule has 2 atom stereocenters.